The summed E-state index contributed by atoms with van der Waals surface area (Å²) in [6.45, 7) is 2.94. The highest BCUT2D eigenvalue weighted by atomic mass is 16.7. The number of nitrogens with one attached hydrogen (secondary N) is 3. The predicted octanol–water partition coefficient (Wildman–Crippen LogP) is 2.42. The second kappa shape index (κ2) is 17.3. The first-order valence-electron chi connectivity index (χ1n) is 23.6. The Morgan fingerprint density at radius 2 is 1.70 bits per heavy atom. The van der Waals surface area contributed by atoms with Crippen LogP contribution in [0.3, 0.4) is 0 Å². The topological polar surface area (TPSA) is 278 Å². The van der Waals surface area contributed by atoms with Crippen molar-refractivity contribution in [3.05, 3.63) is 89.8 Å². The number of fused-ring (bicyclic) bond motifs is 7. The molecule has 11 rings (SSSR count). The Hall–Kier alpha value is -6.28. The number of carboxylic acid groups (broad SMARTS) is 1. The number of ketones is 2. The van der Waals surface area contributed by atoms with Crippen LogP contribution >= 0.6 is 0 Å². The second-order valence-corrected chi connectivity index (χ2v) is 20.6. The van der Waals surface area contributed by atoms with Crippen LogP contribution in [0.1, 0.15) is 89.1 Å². The summed E-state index contributed by atoms with van der Waals surface area (Å²) >= 11 is 0. The first-order chi connectivity index (χ1) is 33.0. The number of hydrogen-bond donors (Lipinski definition) is 6. The van der Waals surface area contributed by atoms with Crippen LogP contribution < -0.4 is 20.7 Å². The zero-order valence-electron chi connectivity index (χ0n) is 38.3. The molecule has 10 atom stereocenters. The van der Waals surface area contributed by atoms with Crippen molar-refractivity contribution < 1.29 is 58.3 Å². The number of hydrogen-bond acceptors (Lipinski definition) is 15. The van der Waals surface area contributed by atoms with Crippen LogP contribution in [0.2, 0.25) is 0 Å². The summed E-state index contributed by atoms with van der Waals surface area (Å²) < 4.78 is 19.8. The van der Waals surface area contributed by atoms with Crippen molar-refractivity contribution in [3.63, 3.8) is 0 Å². The molecule has 19 nitrogen and oxygen atoms in total. The minimum absolute atomic E-state index is 0.0193. The molecule has 6 N–H and O–H groups in total. The van der Waals surface area contributed by atoms with E-state index >= 15 is 0 Å². The maximum absolute atomic E-state index is 14.0. The summed E-state index contributed by atoms with van der Waals surface area (Å²) in [7, 11) is 0. The first kappa shape index (κ1) is 46.4. The Kier molecular flexibility index (Phi) is 11.6. The molecular formula is C50H55N7O12. The molecule has 6 saturated carbocycles. The van der Waals surface area contributed by atoms with Gasteiger partial charge in [-0.15, -0.1) is 20.4 Å². The van der Waals surface area contributed by atoms with Crippen LogP contribution in [-0.4, -0.2) is 119 Å². The van der Waals surface area contributed by atoms with Gasteiger partial charge in [0.05, 0.1) is 30.7 Å². The average Bonchev–Trinajstić information content (AvgIpc) is 3.81. The Morgan fingerprint density at radius 1 is 0.971 bits per heavy atom. The molecule has 362 valence electrons. The summed E-state index contributed by atoms with van der Waals surface area (Å²) in [5, 5.41) is 55.1. The number of aliphatic carboxylic acids is 1. The highest BCUT2D eigenvalue weighted by Gasteiger charge is 2.76. The molecular weight excluding hydrogens is 891 g/mol. The number of carboxylic acids is 1. The van der Waals surface area contributed by atoms with Crippen LogP contribution in [0.5, 0.6) is 5.75 Å². The van der Waals surface area contributed by atoms with Gasteiger partial charge in [0.2, 0.25) is 23.5 Å². The van der Waals surface area contributed by atoms with E-state index in [0.717, 1.165) is 18.4 Å². The summed E-state index contributed by atoms with van der Waals surface area (Å²) in [6.07, 6.45) is 7.37. The van der Waals surface area contributed by atoms with Crippen LogP contribution in [0, 0.1) is 28.6 Å². The molecule has 2 bridgehead atoms. The number of aliphatic hydroxyl groups is 2. The van der Waals surface area contributed by atoms with Gasteiger partial charge < -0.3 is 45.5 Å². The lowest BCUT2D eigenvalue weighted by molar-refractivity contribution is -0.204. The third kappa shape index (κ3) is 8.02. The molecule has 2 aromatic carbocycles. The molecule has 1 saturated heterocycles. The zero-order chi connectivity index (χ0) is 48.5. The van der Waals surface area contributed by atoms with E-state index in [0.29, 0.717) is 53.9 Å². The monoisotopic (exact) mass is 945 g/mol. The smallest absolute Gasteiger partial charge is 0.303 e. The molecule has 7 aliphatic carbocycles. The van der Waals surface area contributed by atoms with Gasteiger partial charge in [-0.1, -0.05) is 61.9 Å². The average molecular weight is 946 g/mol. The molecule has 7 fully saturated rings. The first-order valence-corrected chi connectivity index (χ1v) is 23.6. The van der Waals surface area contributed by atoms with E-state index in [4.69, 9.17) is 14.2 Å². The lowest BCUT2D eigenvalue weighted by Gasteiger charge is -2.69. The molecule has 0 spiro atoms. The molecule has 0 unspecified atom stereocenters. The van der Waals surface area contributed by atoms with E-state index in [9.17, 15) is 44.1 Å². The number of aliphatic hydroxyl groups excluding tert-OH is 2. The Bertz CT molecular complexity index is 2630. The molecule has 69 heavy (non-hydrogen) atoms. The third-order valence-corrected chi connectivity index (χ3v) is 16.4. The van der Waals surface area contributed by atoms with Crippen molar-refractivity contribution >= 4 is 35.3 Å². The van der Waals surface area contributed by atoms with Crippen molar-refractivity contribution in [2.24, 2.45) is 28.6 Å². The number of rotatable bonds is 16. The predicted molar refractivity (Wildman–Crippen MR) is 240 cm³/mol. The summed E-state index contributed by atoms with van der Waals surface area (Å²) in [4.78, 5) is 76.8. The fraction of sp³-hybridized carbons (Fsp3) is 0.520. The quantitative estimate of drug-likeness (QED) is 0.120. The van der Waals surface area contributed by atoms with E-state index in [2.05, 4.69) is 43.3 Å². The van der Waals surface area contributed by atoms with Crippen molar-refractivity contribution in [3.8, 4) is 17.1 Å². The van der Waals surface area contributed by atoms with Gasteiger partial charge in [-0.2, -0.15) is 0 Å². The summed E-state index contributed by atoms with van der Waals surface area (Å²) in [5.74, 6) is -2.46. The number of Topliss-reactive ketones (excluding diaryl/α,β-unsaturated/α-hetero) is 1. The molecule has 3 amide bonds. The summed E-state index contributed by atoms with van der Waals surface area (Å²) in [6, 6.07) is 12.9. The van der Waals surface area contributed by atoms with Crippen LogP contribution in [0.4, 0.5) is 0 Å². The molecule has 8 aliphatic rings. The van der Waals surface area contributed by atoms with Crippen molar-refractivity contribution in [1.82, 2.24) is 36.3 Å². The number of allylic oxidation sites excluding steroid dienone is 4. The van der Waals surface area contributed by atoms with Gasteiger partial charge in [-0.05, 0) is 73.8 Å². The number of carbonyl (C=O) groups excluding carboxylic acids is 5. The molecule has 0 radical (unpaired) electrons. The van der Waals surface area contributed by atoms with Gasteiger partial charge in [-0.3, -0.25) is 28.8 Å². The lowest BCUT2D eigenvalue weighted by Crippen LogP contribution is -2.81. The molecule has 1 aliphatic heterocycles. The zero-order valence-corrected chi connectivity index (χ0v) is 38.3. The summed E-state index contributed by atoms with van der Waals surface area (Å²) in [5.41, 5.74) is -0.865. The molecule has 1 aromatic heterocycles. The van der Waals surface area contributed by atoms with E-state index in [1.54, 1.807) is 48.6 Å². The highest BCUT2D eigenvalue weighted by Crippen LogP contribution is 2.70. The Balaban J connectivity index is 0.723. The third-order valence-electron chi connectivity index (χ3n) is 16.4. The van der Waals surface area contributed by atoms with E-state index < -0.39 is 94.7 Å². The van der Waals surface area contributed by atoms with Gasteiger partial charge in [0.15, 0.2) is 29.8 Å². The number of ether oxygens (including phenoxy) is 3. The van der Waals surface area contributed by atoms with Crippen LogP contribution in [0.15, 0.2) is 78.7 Å². The van der Waals surface area contributed by atoms with Gasteiger partial charge in [-0.25, -0.2) is 0 Å². The van der Waals surface area contributed by atoms with Crippen LogP contribution in [0.25, 0.3) is 11.4 Å². The van der Waals surface area contributed by atoms with Crippen molar-refractivity contribution in [2.45, 2.75) is 119 Å². The van der Waals surface area contributed by atoms with Crippen LogP contribution in [-0.2, 0) is 44.7 Å². The van der Waals surface area contributed by atoms with Crippen molar-refractivity contribution in [1.29, 1.82) is 0 Å². The normalized spacial score (nSPS) is 34.8. The Morgan fingerprint density at radius 3 is 2.39 bits per heavy atom. The maximum atomic E-state index is 14.0. The standard InChI is InChI=1S/C50H55N7O12/c1-46-16-15-31(59)18-30(46)9-12-33-34-19-38-50(37(61)22-58,47(34,2)20-36(60)42(33)46)69-45(67-38)29-7-10-32(11-8-29)68-49-23-48(24-49,25-49)55-44(66)35(13-14-41(64)65)54-40(63)21-51-39(62)17-27-3-5-28(6-4-27)43-56-52-26-53-57-43/h3-8,10-11,15-16,18,26,33-36,38,42,45,58,60H,9,12-14,17,19-25H2,1-2H3,(H,51,62)(H,54,63)(H,55,66)(H,64,65)/t33-,34-,35-,36-,38+,42+,45+,46-,47-,48?,49?,50+/m0/s1. The number of nitrogens with zero attached hydrogens (tertiary/aromatic N) is 4. The number of benzene rings is 2. The molecule has 2 heterocycles. The fourth-order valence-electron chi connectivity index (χ4n) is 13.4. The minimum Gasteiger partial charge on any atom is -0.487 e. The Labute approximate surface area is 396 Å². The SMILES string of the molecule is C[C@]12C=CC(=O)C=C1CC[C@@H]1[C@@H]2[C@@H](O)C[C@@]2(C)[C@H]1C[C@H]1O[C@@H](c3ccc(OC45CC(NC(=O)[C@H](CCC(=O)O)NC(=O)CNC(=O)Cc6ccc(-c7nncnn7)cc6)(C4)C5)cc3)O[C@]12C(=O)CO. The fourth-order valence-corrected chi connectivity index (χ4v) is 13.4. The van der Waals surface area contributed by atoms with Gasteiger partial charge in [0, 0.05) is 53.6 Å². The second-order valence-electron chi connectivity index (χ2n) is 20.6. The minimum atomic E-state index is -1.48. The number of carbonyl (C=O) groups is 6. The van der Waals surface area contributed by atoms with E-state index in [1.165, 1.54) is 6.33 Å². The lowest BCUT2D eigenvalue weighted by atomic mass is 9.46. The molecule has 3 aromatic rings. The maximum Gasteiger partial charge on any atom is 0.303 e. The highest BCUT2D eigenvalue weighted by molar-refractivity contribution is 6.01. The largest absolute Gasteiger partial charge is 0.487 e. The van der Waals surface area contributed by atoms with E-state index in [-0.39, 0.29) is 49.2 Å². The van der Waals surface area contributed by atoms with Gasteiger partial charge in [0.1, 0.15) is 24.0 Å². The van der Waals surface area contributed by atoms with E-state index in [1.807, 2.05) is 25.1 Å². The number of aromatic nitrogens is 4. The van der Waals surface area contributed by atoms with Gasteiger partial charge in [0.25, 0.3) is 0 Å². The number of amides is 3. The molecule has 19 heteroatoms. The van der Waals surface area contributed by atoms with Crippen molar-refractivity contribution in [2.75, 3.05) is 13.2 Å². The van der Waals surface area contributed by atoms with Gasteiger partial charge >= 0.3 is 5.97 Å².